The molecule has 2 aliphatic rings. The average molecular weight is 381 g/mol. The van der Waals surface area contributed by atoms with Gasteiger partial charge >= 0.3 is 0 Å². The maximum atomic E-state index is 13.4. The lowest BCUT2D eigenvalue weighted by Crippen LogP contribution is -2.50. The average Bonchev–Trinajstić information content (AvgIpc) is 3.20. The molecular weight excluding hydrogens is 353 g/mol. The molecular formula is C18H28FN5O3. The zero-order chi connectivity index (χ0) is 19.8. The topological polar surface area (TPSA) is 100 Å². The third-order valence-electron chi connectivity index (χ3n) is 5.10. The number of hydrogen-bond acceptors (Lipinski definition) is 5. The van der Waals surface area contributed by atoms with Crippen LogP contribution in [0.3, 0.4) is 0 Å². The van der Waals surface area contributed by atoms with Gasteiger partial charge in [0.15, 0.2) is 0 Å². The van der Waals surface area contributed by atoms with E-state index in [1.165, 1.54) is 4.90 Å². The van der Waals surface area contributed by atoms with Gasteiger partial charge in [0.05, 0.1) is 11.8 Å². The van der Waals surface area contributed by atoms with E-state index in [9.17, 15) is 19.1 Å². The maximum Gasteiger partial charge on any atom is 0.248 e. The van der Waals surface area contributed by atoms with Gasteiger partial charge in [-0.05, 0) is 18.3 Å². The van der Waals surface area contributed by atoms with Crippen molar-refractivity contribution in [1.29, 1.82) is 0 Å². The number of hydrogen-bond donors (Lipinski definition) is 2. The summed E-state index contributed by atoms with van der Waals surface area (Å²) < 4.78 is 14.0. The van der Waals surface area contributed by atoms with Gasteiger partial charge in [0.2, 0.25) is 11.8 Å². The Kier molecular flexibility index (Phi) is 5.50. The lowest BCUT2D eigenvalue weighted by molar-refractivity contribution is -0.144. The van der Waals surface area contributed by atoms with Crippen LogP contribution in [0.4, 0.5) is 4.39 Å². The van der Waals surface area contributed by atoms with Crippen molar-refractivity contribution in [3.8, 4) is 0 Å². The van der Waals surface area contributed by atoms with Crippen LogP contribution in [-0.4, -0.2) is 68.7 Å². The number of aromatic nitrogens is 3. The largest absolute Gasteiger partial charge is 0.391 e. The van der Waals surface area contributed by atoms with Crippen molar-refractivity contribution < 1.29 is 19.1 Å². The van der Waals surface area contributed by atoms with E-state index in [4.69, 9.17) is 0 Å². The number of halogens is 1. The normalized spacial score (nSPS) is 24.1. The van der Waals surface area contributed by atoms with E-state index in [-0.39, 0.29) is 25.4 Å². The minimum absolute atomic E-state index is 0.0727. The molecule has 1 saturated heterocycles. The van der Waals surface area contributed by atoms with Crippen LogP contribution in [0.15, 0.2) is 6.20 Å². The third kappa shape index (κ3) is 4.28. The Morgan fingerprint density at radius 2 is 2.11 bits per heavy atom. The molecule has 0 radical (unpaired) electrons. The summed E-state index contributed by atoms with van der Waals surface area (Å²) in [4.78, 5) is 27.1. The monoisotopic (exact) mass is 381 g/mol. The Morgan fingerprint density at radius 1 is 1.41 bits per heavy atom. The van der Waals surface area contributed by atoms with Crippen LogP contribution in [0.5, 0.6) is 0 Å². The second kappa shape index (κ2) is 7.53. The fraction of sp³-hybridized carbons (Fsp3) is 0.778. The molecule has 1 aliphatic heterocycles. The van der Waals surface area contributed by atoms with E-state index in [1.807, 2.05) is 27.0 Å². The van der Waals surface area contributed by atoms with Gasteiger partial charge in [-0.3, -0.25) is 9.59 Å². The molecule has 1 aromatic heterocycles. The summed E-state index contributed by atoms with van der Waals surface area (Å²) in [5, 5.41) is 20.9. The molecule has 1 aliphatic carbocycles. The Morgan fingerprint density at radius 3 is 2.70 bits per heavy atom. The lowest BCUT2D eigenvalue weighted by Gasteiger charge is -2.34. The highest BCUT2D eigenvalue weighted by atomic mass is 19.1. The zero-order valence-electron chi connectivity index (χ0n) is 16.1. The maximum absolute atomic E-state index is 13.4. The highest BCUT2D eigenvalue weighted by molar-refractivity contribution is 5.90. The van der Waals surface area contributed by atoms with Crippen LogP contribution in [-0.2, 0) is 9.59 Å². The fourth-order valence-corrected chi connectivity index (χ4v) is 3.61. The molecule has 0 bridgehead atoms. The summed E-state index contributed by atoms with van der Waals surface area (Å²) in [6, 6.07) is -1.46. The first-order valence-electron chi connectivity index (χ1n) is 9.46. The van der Waals surface area contributed by atoms with Crippen LogP contribution in [0.25, 0.3) is 0 Å². The van der Waals surface area contributed by atoms with Crippen LogP contribution < -0.4 is 5.32 Å². The number of amides is 2. The first kappa shape index (κ1) is 19.7. The van der Waals surface area contributed by atoms with E-state index in [0.717, 1.165) is 18.5 Å². The third-order valence-corrected chi connectivity index (χ3v) is 5.10. The number of nitrogens with zero attached hydrogens (tertiary/aromatic N) is 4. The second-order valence-electron chi connectivity index (χ2n) is 8.54. The van der Waals surface area contributed by atoms with Crippen LogP contribution in [0.1, 0.15) is 57.7 Å². The molecule has 2 heterocycles. The zero-order valence-corrected chi connectivity index (χ0v) is 16.1. The number of likely N-dealkylation sites (tertiary alicyclic amines) is 1. The molecule has 0 spiro atoms. The molecule has 1 aromatic rings. The minimum atomic E-state index is -0.810. The number of rotatable bonds is 6. The van der Waals surface area contributed by atoms with Gasteiger partial charge in [-0.25, -0.2) is 9.07 Å². The highest BCUT2D eigenvalue weighted by Gasteiger charge is 2.45. The van der Waals surface area contributed by atoms with Gasteiger partial charge < -0.3 is 15.3 Å². The molecule has 9 heteroatoms. The first-order chi connectivity index (χ1) is 12.7. The van der Waals surface area contributed by atoms with Crippen molar-refractivity contribution in [3.63, 3.8) is 0 Å². The number of carbonyl (C=O) groups is 2. The van der Waals surface area contributed by atoms with Gasteiger partial charge in [0.1, 0.15) is 18.8 Å². The van der Waals surface area contributed by atoms with E-state index in [1.54, 1.807) is 4.68 Å². The molecule has 2 amide bonds. The summed E-state index contributed by atoms with van der Waals surface area (Å²) in [6.45, 7) is 5.08. The summed E-state index contributed by atoms with van der Waals surface area (Å²) in [6.07, 6.45) is 3.35. The van der Waals surface area contributed by atoms with Crippen molar-refractivity contribution in [2.24, 2.45) is 5.41 Å². The van der Waals surface area contributed by atoms with Gasteiger partial charge in [0.25, 0.3) is 0 Å². The van der Waals surface area contributed by atoms with E-state index >= 15 is 0 Å². The standard InChI is InChI=1S/C18H28FN5O3/c1-18(2,3)15(24-10-13(21-22-24)11-4-5-11)17(27)23-9-12(25)8-14(23)16(26)20-7-6-19/h10-12,14-15,25H,4-9H2,1-3H3,(H,20,26). The molecule has 1 saturated carbocycles. The van der Waals surface area contributed by atoms with Gasteiger partial charge in [-0.1, -0.05) is 26.0 Å². The van der Waals surface area contributed by atoms with Crippen LogP contribution in [0, 0.1) is 5.41 Å². The molecule has 3 unspecified atom stereocenters. The van der Waals surface area contributed by atoms with Crippen molar-refractivity contribution in [3.05, 3.63) is 11.9 Å². The predicted molar refractivity (Wildman–Crippen MR) is 95.6 cm³/mol. The first-order valence-corrected chi connectivity index (χ1v) is 9.46. The summed E-state index contributed by atoms with van der Waals surface area (Å²) in [5.41, 5.74) is 0.412. The molecule has 150 valence electrons. The second-order valence-corrected chi connectivity index (χ2v) is 8.54. The van der Waals surface area contributed by atoms with Crippen LogP contribution in [0.2, 0.25) is 0 Å². The number of alkyl halides is 1. The molecule has 2 fully saturated rings. The quantitative estimate of drug-likeness (QED) is 0.759. The number of β-amino-alcohol motifs (C(OH)–C–C–N with tert-alkyl or cyclic N) is 1. The number of nitrogens with one attached hydrogen (secondary N) is 1. The molecule has 3 atom stereocenters. The SMILES string of the molecule is CC(C)(C)C(C(=O)N1CC(O)CC1C(=O)NCCF)n1cc(C2CC2)nn1. The van der Waals surface area contributed by atoms with Crippen molar-refractivity contribution >= 4 is 11.8 Å². The van der Waals surface area contributed by atoms with Crippen molar-refractivity contribution in [1.82, 2.24) is 25.2 Å². The molecule has 2 N–H and O–H groups in total. The number of aliphatic hydroxyl groups excluding tert-OH is 1. The molecule has 0 aromatic carbocycles. The summed E-state index contributed by atoms with van der Waals surface area (Å²) >= 11 is 0. The minimum Gasteiger partial charge on any atom is -0.391 e. The lowest BCUT2D eigenvalue weighted by atomic mass is 9.85. The van der Waals surface area contributed by atoms with Gasteiger partial charge in [0, 0.05) is 31.6 Å². The Bertz CT molecular complexity index is 697. The van der Waals surface area contributed by atoms with Crippen molar-refractivity contribution in [2.75, 3.05) is 19.8 Å². The smallest absolute Gasteiger partial charge is 0.248 e. The molecule has 3 rings (SSSR count). The fourth-order valence-electron chi connectivity index (χ4n) is 3.61. The summed E-state index contributed by atoms with van der Waals surface area (Å²) in [5.74, 6) is -0.309. The van der Waals surface area contributed by atoms with Gasteiger partial charge in [-0.2, -0.15) is 0 Å². The molecule has 8 nitrogen and oxygen atoms in total. The Hall–Kier alpha value is -2.03. The van der Waals surface area contributed by atoms with Crippen molar-refractivity contribution in [2.45, 2.75) is 64.1 Å². The van der Waals surface area contributed by atoms with E-state index in [2.05, 4.69) is 15.6 Å². The van der Waals surface area contributed by atoms with E-state index in [0.29, 0.717) is 5.92 Å². The Labute approximate surface area is 158 Å². The van der Waals surface area contributed by atoms with E-state index < -0.39 is 36.2 Å². The Balaban J connectivity index is 1.84. The number of aliphatic hydroxyl groups is 1. The van der Waals surface area contributed by atoms with Crippen LogP contribution >= 0.6 is 0 Å². The highest BCUT2D eigenvalue weighted by Crippen LogP contribution is 2.40. The molecule has 27 heavy (non-hydrogen) atoms. The van der Waals surface area contributed by atoms with Gasteiger partial charge in [-0.15, -0.1) is 5.10 Å². The number of carbonyl (C=O) groups excluding carboxylic acids is 2. The summed E-state index contributed by atoms with van der Waals surface area (Å²) in [7, 11) is 0. The predicted octanol–water partition coefficient (Wildman–Crippen LogP) is 0.790.